The zero-order chi connectivity index (χ0) is 11.5. The molecule has 2 heteroatoms. The average molecular weight is 212 g/mol. The molecule has 1 aliphatic carbocycles. The second-order valence-electron chi connectivity index (χ2n) is 6.46. The molecule has 0 saturated heterocycles. The number of nitrogens with two attached hydrogens (primary N) is 1. The fraction of sp³-hybridized carbons (Fsp3) is 1.00. The maximum Gasteiger partial charge on any atom is 0.00200 e. The van der Waals surface area contributed by atoms with Gasteiger partial charge in [0, 0.05) is 6.54 Å². The Hall–Kier alpha value is -0.0800. The molecule has 0 heterocycles. The van der Waals surface area contributed by atoms with Crippen LogP contribution in [-0.2, 0) is 0 Å². The van der Waals surface area contributed by atoms with Crippen molar-refractivity contribution in [2.24, 2.45) is 22.5 Å². The third kappa shape index (κ3) is 3.46. The van der Waals surface area contributed by atoms with E-state index < -0.39 is 0 Å². The Balaban J connectivity index is 2.21. The first-order valence-corrected chi connectivity index (χ1v) is 6.30. The molecule has 0 aromatic heterocycles. The molecule has 15 heavy (non-hydrogen) atoms. The van der Waals surface area contributed by atoms with Gasteiger partial charge in [0.05, 0.1) is 0 Å². The van der Waals surface area contributed by atoms with Crippen molar-refractivity contribution in [2.45, 2.75) is 47.0 Å². The molecule has 0 aromatic rings. The molecule has 0 amide bonds. The normalized spacial score (nSPS) is 22.2. The smallest absolute Gasteiger partial charge is 0.00200 e. The molecule has 0 spiro atoms. The van der Waals surface area contributed by atoms with E-state index in [0.717, 1.165) is 19.6 Å². The third-order valence-corrected chi connectivity index (χ3v) is 4.28. The van der Waals surface area contributed by atoms with Gasteiger partial charge in [-0.05, 0) is 42.7 Å². The van der Waals surface area contributed by atoms with Crippen LogP contribution in [0.15, 0.2) is 0 Å². The van der Waals surface area contributed by atoms with E-state index >= 15 is 0 Å². The monoisotopic (exact) mass is 212 g/mol. The predicted molar refractivity (Wildman–Crippen MR) is 66.8 cm³/mol. The molecule has 0 aromatic carbocycles. The molecule has 2 nitrogen and oxygen atoms in total. The highest BCUT2D eigenvalue weighted by Crippen LogP contribution is 2.39. The van der Waals surface area contributed by atoms with Crippen molar-refractivity contribution >= 4 is 0 Å². The van der Waals surface area contributed by atoms with E-state index in [2.05, 4.69) is 33.0 Å². The Morgan fingerprint density at radius 2 is 1.93 bits per heavy atom. The van der Waals surface area contributed by atoms with Gasteiger partial charge in [0.25, 0.3) is 0 Å². The number of rotatable bonds is 5. The maximum atomic E-state index is 5.83. The summed E-state index contributed by atoms with van der Waals surface area (Å²) in [7, 11) is 0. The van der Waals surface area contributed by atoms with Crippen LogP contribution in [0.4, 0.5) is 0 Å². The van der Waals surface area contributed by atoms with E-state index in [1.165, 1.54) is 19.3 Å². The van der Waals surface area contributed by atoms with Crippen LogP contribution in [0.1, 0.15) is 47.0 Å². The van der Waals surface area contributed by atoms with E-state index in [-0.39, 0.29) is 0 Å². The molecule has 1 saturated carbocycles. The fourth-order valence-corrected chi connectivity index (χ4v) is 1.99. The summed E-state index contributed by atoms with van der Waals surface area (Å²) in [6.45, 7) is 12.3. The summed E-state index contributed by atoms with van der Waals surface area (Å²) in [6.07, 6.45) is 4.01. The summed E-state index contributed by atoms with van der Waals surface area (Å²) in [5.74, 6) is 0.715. The minimum atomic E-state index is 0.405. The predicted octanol–water partition coefficient (Wildman–Crippen LogP) is 2.39. The third-order valence-electron chi connectivity index (χ3n) is 4.28. The van der Waals surface area contributed by atoms with Crippen molar-refractivity contribution in [1.29, 1.82) is 0 Å². The summed E-state index contributed by atoms with van der Waals surface area (Å²) in [6, 6.07) is 0. The lowest BCUT2D eigenvalue weighted by Gasteiger charge is -2.41. The van der Waals surface area contributed by atoms with Gasteiger partial charge in [-0.1, -0.05) is 34.1 Å². The molecule has 0 aliphatic heterocycles. The van der Waals surface area contributed by atoms with Crippen molar-refractivity contribution < 1.29 is 0 Å². The van der Waals surface area contributed by atoms with Crippen LogP contribution in [0.3, 0.4) is 0 Å². The van der Waals surface area contributed by atoms with Gasteiger partial charge in [-0.2, -0.15) is 0 Å². The van der Waals surface area contributed by atoms with Crippen LogP contribution >= 0.6 is 0 Å². The highest BCUT2D eigenvalue weighted by Gasteiger charge is 2.35. The van der Waals surface area contributed by atoms with Crippen molar-refractivity contribution in [3.05, 3.63) is 0 Å². The molecular formula is C13H28N2. The molecule has 90 valence electrons. The van der Waals surface area contributed by atoms with Gasteiger partial charge in [0.1, 0.15) is 0 Å². The zero-order valence-electron chi connectivity index (χ0n) is 10.9. The molecule has 0 bridgehead atoms. The van der Waals surface area contributed by atoms with E-state index in [0.29, 0.717) is 16.7 Å². The SMILES string of the molecule is CC(CNCC1(CN)CCC1)C(C)(C)C. The lowest BCUT2D eigenvalue weighted by atomic mass is 9.68. The summed E-state index contributed by atoms with van der Waals surface area (Å²) in [4.78, 5) is 0. The topological polar surface area (TPSA) is 38.0 Å². The Morgan fingerprint density at radius 1 is 1.33 bits per heavy atom. The van der Waals surface area contributed by atoms with Crippen molar-refractivity contribution in [3.63, 3.8) is 0 Å². The first-order valence-electron chi connectivity index (χ1n) is 6.30. The average Bonchev–Trinajstić information content (AvgIpc) is 2.07. The van der Waals surface area contributed by atoms with E-state index in [1.807, 2.05) is 0 Å². The zero-order valence-corrected chi connectivity index (χ0v) is 10.9. The van der Waals surface area contributed by atoms with Crippen LogP contribution in [0.25, 0.3) is 0 Å². The van der Waals surface area contributed by atoms with Crippen LogP contribution in [0.5, 0.6) is 0 Å². The molecule has 1 rings (SSSR count). The lowest BCUT2D eigenvalue weighted by molar-refractivity contribution is 0.134. The summed E-state index contributed by atoms with van der Waals surface area (Å²) in [5, 5.41) is 3.61. The summed E-state index contributed by atoms with van der Waals surface area (Å²) < 4.78 is 0. The number of hydrogen-bond acceptors (Lipinski definition) is 2. The van der Waals surface area contributed by atoms with Crippen LogP contribution in [-0.4, -0.2) is 19.6 Å². The molecule has 0 radical (unpaired) electrons. The quantitative estimate of drug-likeness (QED) is 0.734. The fourth-order valence-electron chi connectivity index (χ4n) is 1.99. The van der Waals surface area contributed by atoms with E-state index in [1.54, 1.807) is 0 Å². The Labute approximate surface area is 95.0 Å². The number of hydrogen-bond donors (Lipinski definition) is 2. The maximum absolute atomic E-state index is 5.83. The summed E-state index contributed by atoms with van der Waals surface area (Å²) >= 11 is 0. The first-order chi connectivity index (χ1) is 6.90. The molecule has 1 unspecified atom stereocenters. The first kappa shape index (κ1) is 13.0. The van der Waals surface area contributed by atoms with Crippen molar-refractivity contribution in [2.75, 3.05) is 19.6 Å². The second-order valence-corrected chi connectivity index (χ2v) is 6.46. The highest BCUT2D eigenvalue weighted by atomic mass is 14.9. The van der Waals surface area contributed by atoms with Crippen molar-refractivity contribution in [3.8, 4) is 0 Å². The van der Waals surface area contributed by atoms with Crippen molar-refractivity contribution in [1.82, 2.24) is 5.32 Å². The second kappa shape index (κ2) is 4.84. The minimum absolute atomic E-state index is 0.405. The van der Waals surface area contributed by atoms with Crippen LogP contribution in [0.2, 0.25) is 0 Å². The summed E-state index contributed by atoms with van der Waals surface area (Å²) in [5.41, 5.74) is 6.68. The highest BCUT2D eigenvalue weighted by molar-refractivity contribution is 4.90. The van der Waals surface area contributed by atoms with Gasteiger partial charge < -0.3 is 11.1 Å². The van der Waals surface area contributed by atoms with E-state index in [4.69, 9.17) is 5.73 Å². The van der Waals surface area contributed by atoms with Crippen LogP contribution in [0, 0.1) is 16.7 Å². The molecule has 1 aliphatic rings. The molecule has 1 fully saturated rings. The van der Waals surface area contributed by atoms with Gasteiger partial charge in [-0.3, -0.25) is 0 Å². The van der Waals surface area contributed by atoms with E-state index in [9.17, 15) is 0 Å². The lowest BCUT2D eigenvalue weighted by Crippen LogP contribution is -2.46. The molecular weight excluding hydrogens is 184 g/mol. The van der Waals surface area contributed by atoms with Gasteiger partial charge >= 0.3 is 0 Å². The molecule has 1 atom stereocenters. The standard InChI is InChI=1S/C13H28N2/c1-11(12(2,3)4)8-15-10-13(9-14)6-5-7-13/h11,15H,5-10,14H2,1-4H3. The minimum Gasteiger partial charge on any atom is -0.330 e. The number of nitrogens with one attached hydrogen (secondary N) is 1. The Bertz CT molecular complexity index is 184. The molecule has 3 N–H and O–H groups in total. The Morgan fingerprint density at radius 3 is 2.27 bits per heavy atom. The van der Waals surface area contributed by atoms with Gasteiger partial charge in [-0.15, -0.1) is 0 Å². The van der Waals surface area contributed by atoms with Gasteiger partial charge in [0.15, 0.2) is 0 Å². The van der Waals surface area contributed by atoms with Gasteiger partial charge in [-0.25, -0.2) is 0 Å². The van der Waals surface area contributed by atoms with Crippen LogP contribution < -0.4 is 11.1 Å². The van der Waals surface area contributed by atoms with Gasteiger partial charge in [0.2, 0.25) is 0 Å². The Kier molecular flexibility index (Phi) is 4.19. The largest absolute Gasteiger partial charge is 0.330 e.